The molecule has 0 spiro atoms. The Bertz CT molecular complexity index is 3990. The monoisotopic (exact) mass is 867 g/mol. The van der Waals surface area contributed by atoms with Crippen molar-refractivity contribution < 1.29 is 0 Å². The molecule has 3 aromatic heterocycles. The molecule has 0 saturated carbocycles. The summed E-state index contributed by atoms with van der Waals surface area (Å²) in [4.78, 5) is 15.8. The zero-order valence-corrected chi connectivity index (χ0v) is 36.9. The first-order valence-electron chi connectivity index (χ1n) is 23.0. The number of hydrogen-bond donors (Lipinski definition) is 0. The van der Waals surface area contributed by atoms with Crippen LogP contribution in [0.2, 0.25) is 0 Å². The summed E-state index contributed by atoms with van der Waals surface area (Å²) in [6.07, 6.45) is 0. The Balaban J connectivity index is 1.04. The summed E-state index contributed by atoms with van der Waals surface area (Å²) in [6, 6.07) is 88.2. The van der Waals surface area contributed by atoms with Crippen LogP contribution in [0.3, 0.4) is 0 Å². The van der Waals surface area contributed by atoms with Crippen molar-refractivity contribution >= 4 is 43.6 Å². The molecule has 10 aromatic carbocycles. The summed E-state index contributed by atoms with van der Waals surface area (Å²) in [5.74, 6) is 1.83. The van der Waals surface area contributed by atoms with Gasteiger partial charge in [0.05, 0.1) is 27.8 Å². The van der Waals surface area contributed by atoms with Crippen molar-refractivity contribution in [2.75, 3.05) is 0 Å². The van der Waals surface area contributed by atoms with Crippen LogP contribution < -0.4 is 0 Å². The minimum atomic E-state index is 0.600. The fourth-order valence-corrected chi connectivity index (χ4v) is 10.0. The molecule has 0 saturated heterocycles. The van der Waals surface area contributed by atoms with Gasteiger partial charge in [0, 0.05) is 43.9 Å². The van der Waals surface area contributed by atoms with Gasteiger partial charge in [-0.05, 0) is 75.8 Å². The van der Waals surface area contributed by atoms with Gasteiger partial charge in [-0.15, -0.1) is 0 Å². The van der Waals surface area contributed by atoms with E-state index >= 15 is 0 Å². The van der Waals surface area contributed by atoms with Gasteiger partial charge in [-0.2, -0.15) is 0 Å². The Hall–Kier alpha value is -9.19. The third-order valence-electron chi connectivity index (χ3n) is 13.2. The van der Waals surface area contributed by atoms with Gasteiger partial charge in [0.1, 0.15) is 0 Å². The molecule has 5 heteroatoms. The molecule has 3 heterocycles. The van der Waals surface area contributed by atoms with Gasteiger partial charge in [-0.1, -0.05) is 206 Å². The Morgan fingerprint density at radius 3 is 1.40 bits per heavy atom. The van der Waals surface area contributed by atoms with Crippen LogP contribution in [-0.2, 0) is 0 Å². The molecule has 0 aliphatic carbocycles. The molecule has 13 rings (SSSR count). The fraction of sp³-hybridized carbons (Fsp3) is 0. The van der Waals surface area contributed by atoms with Crippen LogP contribution in [0.5, 0.6) is 0 Å². The molecule has 0 amide bonds. The molecule has 0 unspecified atom stereocenters. The number of fused-ring (bicyclic) bond motifs is 6. The van der Waals surface area contributed by atoms with Crippen LogP contribution in [0, 0.1) is 0 Å². The van der Waals surface area contributed by atoms with Crippen molar-refractivity contribution in [1.29, 1.82) is 0 Å². The summed E-state index contributed by atoms with van der Waals surface area (Å²) in [6.45, 7) is 0. The van der Waals surface area contributed by atoms with Crippen LogP contribution in [0.25, 0.3) is 123 Å². The van der Waals surface area contributed by atoms with Crippen molar-refractivity contribution in [2.24, 2.45) is 0 Å². The van der Waals surface area contributed by atoms with E-state index in [-0.39, 0.29) is 0 Å². The van der Waals surface area contributed by atoms with E-state index in [9.17, 15) is 0 Å². The average Bonchev–Trinajstić information content (AvgIpc) is 3.94. The van der Waals surface area contributed by atoms with E-state index in [4.69, 9.17) is 15.0 Å². The molecular weight excluding hydrogens is 827 g/mol. The lowest BCUT2D eigenvalue weighted by molar-refractivity contribution is 1.07. The molecule has 0 atom stereocenters. The lowest BCUT2D eigenvalue weighted by Gasteiger charge is -2.16. The van der Waals surface area contributed by atoms with Crippen molar-refractivity contribution in [2.45, 2.75) is 0 Å². The molecule has 0 aliphatic heterocycles. The second-order valence-corrected chi connectivity index (χ2v) is 17.2. The second-order valence-electron chi connectivity index (χ2n) is 17.2. The molecule has 13 aromatic rings. The molecule has 0 aliphatic rings. The van der Waals surface area contributed by atoms with Gasteiger partial charge in [0.25, 0.3) is 0 Å². The Labute approximate surface area is 393 Å². The summed E-state index contributed by atoms with van der Waals surface area (Å²) in [5, 5.41) is 4.80. The number of nitrogens with zero attached hydrogens (tertiary/aromatic N) is 5. The van der Waals surface area contributed by atoms with E-state index in [1.165, 1.54) is 43.7 Å². The Morgan fingerprint density at radius 1 is 0.250 bits per heavy atom. The smallest absolute Gasteiger partial charge is 0.164 e. The first-order valence-corrected chi connectivity index (χ1v) is 23.0. The zero-order chi connectivity index (χ0) is 45.0. The number of benzene rings is 10. The minimum Gasteiger partial charge on any atom is -0.309 e. The second kappa shape index (κ2) is 16.4. The molecular formula is C63H41N5. The largest absolute Gasteiger partial charge is 0.309 e. The van der Waals surface area contributed by atoms with Crippen LogP contribution in [0.1, 0.15) is 0 Å². The molecule has 68 heavy (non-hydrogen) atoms. The Morgan fingerprint density at radius 2 is 0.721 bits per heavy atom. The van der Waals surface area contributed by atoms with Gasteiger partial charge >= 0.3 is 0 Å². The topological polar surface area (TPSA) is 48.5 Å². The highest BCUT2D eigenvalue weighted by molar-refractivity contribution is 6.17. The van der Waals surface area contributed by atoms with Gasteiger partial charge < -0.3 is 9.13 Å². The molecule has 0 fully saturated rings. The maximum atomic E-state index is 5.33. The lowest BCUT2D eigenvalue weighted by Crippen LogP contribution is -2.02. The highest BCUT2D eigenvalue weighted by Crippen LogP contribution is 2.42. The number of aromatic nitrogens is 5. The van der Waals surface area contributed by atoms with E-state index in [2.05, 4.69) is 234 Å². The minimum absolute atomic E-state index is 0.600. The first kappa shape index (κ1) is 39.2. The number of rotatable bonds is 8. The van der Waals surface area contributed by atoms with E-state index in [0.717, 1.165) is 61.4 Å². The first-order chi connectivity index (χ1) is 33.7. The van der Waals surface area contributed by atoms with E-state index in [1.54, 1.807) is 0 Å². The third kappa shape index (κ3) is 6.68. The molecule has 5 nitrogen and oxygen atoms in total. The predicted molar refractivity (Wildman–Crippen MR) is 281 cm³/mol. The molecule has 0 N–H and O–H groups in total. The van der Waals surface area contributed by atoms with Crippen molar-refractivity contribution in [1.82, 2.24) is 24.1 Å². The highest BCUT2D eigenvalue weighted by Gasteiger charge is 2.22. The van der Waals surface area contributed by atoms with Gasteiger partial charge in [0.15, 0.2) is 17.5 Å². The van der Waals surface area contributed by atoms with Crippen molar-refractivity contribution in [3.05, 3.63) is 249 Å². The molecule has 318 valence electrons. The highest BCUT2D eigenvalue weighted by atomic mass is 15.0. The molecule has 0 radical (unpaired) electrons. The summed E-state index contributed by atoms with van der Waals surface area (Å²) >= 11 is 0. The van der Waals surface area contributed by atoms with E-state index in [0.29, 0.717) is 17.5 Å². The van der Waals surface area contributed by atoms with Crippen LogP contribution in [0.15, 0.2) is 249 Å². The summed E-state index contributed by atoms with van der Waals surface area (Å²) in [5.41, 5.74) is 16.2. The SMILES string of the molecule is c1ccc(-c2ccc(-c3nc(-c4ccccc4)nc(-c4cc(-n5c6ccccc6c6c(-n7c8ccccc8c8ccc(-c9ccccc9)cc87)cccc65)ccc4-c4ccccc4)n3)cc2)cc1. The van der Waals surface area contributed by atoms with Crippen LogP contribution >= 0.6 is 0 Å². The molecule has 0 bridgehead atoms. The normalized spacial score (nSPS) is 11.5. The third-order valence-corrected chi connectivity index (χ3v) is 13.2. The predicted octanol–water partition coefficient (Wildman–Crippen LogP) is 16.1. The lowest BCUT2D eigenvalue weighted by atomic mass is 9.98. The van der Waals surface area contributed by atoms with Crippen molar-refractivity contribution in [3.63, 3.8) is 0 Å². The average molecular weight is 868 g/mol. The summed E-state index contributed by atoms with van der Waals surface area (Å²) in [7, 11) is 0. The van der Waals surface area contributed by atoms with E-state index < -0.39 is 0 Å². The van der Waals surface area contributed by atoms with Gasteiger partial charge in [-0.3, -0.25) is 0 Å². The van der Waals surface area contributed by atoms with Gasteiger partial charge in [0.2, 0.25) is 0 Å². The maximum absolute atomic E-state index is 5.33. The van der Waals surface area contributed by atoms with Gasteiger partial charge in [-0.25, -0.2) is 15.0 Å². The number of para-hydroxylation sites is 2. The van der Waals surface area contributed by atoms with Crippen LogP contribution in [0.4, 0.5) is 0 Å². The summed E-state index contributed by atoms with van der Waals surface area (Å²) < 4.78 is 4.86. The quantitative estimate of drug-likeness (QED) is 0.153. The Kier molecular flexibility index (Phi) is 9.43. The van der Waals surface area contributed by atoms with Crippen molar-refractivity contribution in [3.8, 4) is 78.9 Å². The number of hydrogen-bond acceptors (Lipinski definition) is 3. The van der Waals surface area contributed by atoms with Crippen LogP contribution in [-0.4, -0.2) is 24.1 Å². The maximum Gasteiger partial charge on any atom is 0.164 e. The fourth-order valence-electron chi connectivity index (χ4n) is 10.0. The zero-order valence-electron chi connectivity index (χ0n) is 36.9. The standard InChI is InChI=1S/C63H41N5/c1-5-18-42(19-6-1)44-32-34-47(35-33-44)62-64-61(46-24-11-4-12-25-46)65-63(66-62)54-41-49(37-39-50(54)45-22-9-3-10-23-45)67-56-29-16-14-27-53(56)60-57(67)30-17-31-58(60)68-55-28-15-13-26-51(55)52-38-36-48(40-59(52)68)43-20-7-2-8-21-43/h1-41H. The van der Waals surface area contributed by atoms with E-state index in [1.807, 2.05) is 24.3 Å².